The molecule has 0 radical (unpaired) electrons. The van der Waals surface area contributed by atoms with Gasteiger partial charge in [0.25, 0.3) is 11.7 Å². The number of Topliss-reactive ketones (excluding diaryl/α,β-unsaturated/α-hetero) is 1. The molecule has 1 aromatic carbocycles. The molecule has 0 atom stereocenters. The zero-order valence-electron chi connectivity index (χ0n) is 11.5. The third-order valence-electron chi connectivity index (χ3n) is 2.88. The number of amides is 1. The summed E-state index contributed by atoms with van der Waals surface area (Å²) in [6.45, 7) is 1.16. The van der Waals surface area contributed by atoms with Crippen LogP contribution in [0.4, 0.5) is 0 Å². The van der Waals surface area contributed by atoms with Crippen molar-refractivity contribution in [2.45, 2.75) is 0 Å². The van der Waals surface area contributed by atoms with Crippen LogP contribution in [0.25, 0.3) is 10.9 Å². The van der Waals surface area contributed by atoms with Crippen LogP contribution < -0.4 is 5.32 Å². The predicted molar refractivity (Wildman–Crippen MR) is 81.4 cm³/mol. The van der Waals surface area contributed by atoms with Crippen LogP contribution in [0, 0.1) is 0 Å². The molecule has 0 unspecified atom stereocenters. The molecule has 1 amide bonds. The average molecular weight is 296 g/mol. The number of nitrogens with one attached hydrogen (secondary N) is 2. The molecule has 2 aromatic rings. The van der Waals surface area contributed by atoms with Crippen molar-refractivity contribution in [3.8, 4) is 0 Å². The molecule has 0 spiro atoms. The van der Waals surface area contributed by atoms with Gasteiger partial charge < -0.3 is 15.2 Å². The number of ketones is 1. The Morgan fingerprint density at radius 2 is 1.95 bits per heavy atom. The number of hydrogen-bond donors (Lipinski definition) is 2. The van der Waals surface area contributed by atoms with Crippen LogP contribution in [0.15, 0.2) is 30.5 Å². The van der Waals surface area contributed by atoms with E-state index in [1.54, 1.807) is 6.20 Å². The van der Waals surface area contributed by atoms with E-state index in [1.165, 1.54) is 0 Å². The molecule has 2 N–H and O–H groups in total. The first-order valence-corrected chi connectivity index (χ1v) is 6.13. The minimum absolute atomic E-state index is 0. The lowest BCUT2D eigenvalue weighted by molar-refractivity contribution is -0.117. The van der Waals surface area contributed by atoms with Gasteiger partial charge >= 0.3 is 0 Å². The Hall–Kier alpha value is -1.85. The third-order valence-corrected chi connectivity index (χ3v) is 2.88. The van der Waals surface area contributed by atoms with E-state index in [1.807, 2.05) is 43.3 Å². The molecule has 5 nitrogen and oxygen atoms in total. The highest BCUT2D eigenvalue weighted by atomic mass is 35.5. The second-order valence-corrected chi connectivity index (χ2v) is 4.64. The maximum Gasteiger partial charge on any atom is 0.292 e. The summed E-state index contributed by atoms with van der Waals surface area (Å²) >= 11 is 0. The molecule has 0 aliphatic carbocycles. The number of H-pyrrole nitrogens is 1. The van der Waals surface area contributed by atoms with Gasteiger partial charge in [0.1, 0.15) is 0 Å². The fourth-order valence-corrected chi connectivity index (χ4v) is 1.86. The van der Waals surface area contributed by atoms with Crippen LogP contribution >= 0.6 is 12.4 Å². The van der Waals surface area contributed by atoms with Crippen molar-refractivity contribution in [3.63, 3.8) is 0 Å². The van der Waals surface area contributed by atoms with Crippen LogP contribution in [0.1, 0.15) is 10.4 Å². The first kappa shape index (κ1) is 16.2. The summed E-state index contributed by atoms with van der Waals surface area (Å²) in [7, 11) is 3.82. The van der Waals surface area contributed by atoms with Crippen LogP contribution in [0.2, 0.25) is 0 Å². The van der Waals surface area contributed by atoms with Gasteiger partial charge in [0.15, 0.2) is 0 Å². The molecule has 6 heteroatoms. The summed E-state index contributed by atoms with van der Waals surface area (Å²) in [6, 6.07) is 7.42. The molecule has 108 valence electrons. The van der Waals surface area contributed by atoms with E-state index in [9.17, 15) is 9.59 Å². The third kappa shape index (κ3) is 3.59. The number of likely N-dealkylation sites (N-methyl/N-ethyl adjacent to an activating group) is 1. The van der Waals surface area contributed by atoms with E-state index in [0.717, 1.165) is 10.9 Å². The second-order valence-electron chi connectivity index (χ2n) is 4.64. The van der Waals surface area contributed by atoms with Crippen molar-refractivity contribution < 1.29 is 9.59 Å². The minimum Gasteiger partial charge on any atom is -0.360 e. The van der Waals surface area contributed by atoms with Crippen LogP contribution in [-0.2, 0) is 4.79 Å². The summed E-state index contributed by atoms with van der Waals surface area (Å²) in [5, 5.41) is 3.40. The van der Waals surface area contributed by atoms with Crippen LogP contribution in [-0.4, -0.2) is 48.8 Å². The van der Waals surface area contributed by atoms with Crippen molar-refractivity contribution in [2.24, 2.45) is 0 Å². The minimum atomic E-state index is -0.563. The Bertz CT molecular complexity index is 607. The number of fused-ring (bicyclic) bond motifs is 1. The maximum absolute atomic E-state index is 12.0. The smallest absolute Gasteiger partial charge is 0.292 e. The lowest BCUT2D eigenvalue weighted by atomic mass is 10.1. The number of hydrogen-bond acceptors (Lipinski definition) is 3. The monoisotopic (exact) mass is 295 g/mol. The van der Waals surface area contributed by atoms with Crippen molar-refractivity contribution >= 4 is 35.0 Å². The van der Waals surface area contributed by atoms with Gasteiger partial charge in [0.2, 0.25) is 0 Å². The van der Waals surface area contributed by atoms with Gasteiger partial charge in [-0.05, 0) is 20.2 Å². The molecule has 0 bridgehead atoms. The molecule has 1 heterocycles. The number of benzene rings is 1. The fraction of sp³-hybridized carbons (Fsp3) is 0.286. The highest BCUT2D eigenvalue weighted by Gasteiger charge is 2.19. The Morgan fingerprint density at radius 3 is 2.65 bits per heavy atom. The van der Waals surface area contributed by atoms with E-state index in [0.29, 0.717) is 18.7 Å². The quantitative estimate of drug-likeness (QED) is 0.648. The summed E-state index contributed by atoms with van der Waals surface area (Å²) < 4.78 is 0. The number of nitrogens with zero attached hydrogens (tertiary/aromatic N) is 1. The van der Waals surface area contributed by atoms with Gasteiger partial charge in [-0.25, -0.2) is 0 Å². The number of aromatic amines is 1. The molecule has 1 aromatic heterocycles. The van der Waals surface area contributed by atoms with Gasteiger partial charge in [0.05, 0.1) is 5.56 Å². The Labute approximate surface area is 123 Å². The van der Waals surface area contributed by atoms with Gasteiger partial charge in [-0.2, -0.15) is 0 Å². The van der Waals surface area contributed by atoms with Crippen molar-refractivity contribution in [1.82, 2.24) is 15.2 Å². The fourth-order valence-electron chi connectivity index (χ4n) is 1.86. The van der Waals surface area contributed by atoms with Crippen molar-refractivity contribution in [1.29, 1.82) is 0 Å². The van der Waals surface area contributed by atoms with Crippen molar-refractivity contribution in [2.75, 3.05) is 27.2 Å². The number of rotatable bonds is 5. The largest absolute Gasteiger partial charge is 0.360 e. The normalized spacial score (nSPS) is 10.3. The maximum atomic E-state index is 12.0. The Morgan fingerprint density at radius 1 is 1.25 bits per heavy atom. The molecular weight excluding hydrogens is 278 g/mol. The van der Waals surface area contributed by atoms with Gasteiger partial charge in [-0.3, -0.25) is 9.59 Å². The number of halogens is 1. The topological polar surface area (TPSA) is 65.2 Å². The zero-order valence-corrected chi connectivity index (χ0v) is 12.3. The lowest BCUT2D eigenvalue weighted by Crippen LogP contribution is -2.35. The van der Waals surface area contributed by atoms with E-state index in [4.69, 9.17) is 0 Å². The molecule has 2 rings (SSSR count). The predicted octanol–water partition coefficient (Wildman–Crippen LogP) is 1.45. The molecule has 0 aliphatic rings. The first-order valence-electron chi connectivity index (χ1n) is 6.13. The van der Waals surface area contributed by atoms with Gasteiger partial charge in [0, 0.05) is 30.2 Å². The second kappa shape index (κ2) is 7.07. The number of aromatic nitrogens is 1. The van der Waals surface area contributed by atoms with Crippen LogP contribution in [0.5, 0.6) is 0 Å². The lowest BCUT2D eigenvalue weighted by Gasteiger charge is -2.09. The number of carbonyl (C=O) groups is 2. The molecule has 20 heavy (non-hydrogen) atoms. The average Bonchev–Trinajstić information content (AvgIpc) is 2.81. The van der Waals surface area contributed by atoms with Crippen LogP contribution in [0.3, 0.4) is 0 Å². The SMILES string of the molecule is CN(C)CCNC(=O)C(=O)c1c[nH]c2ccccc12.Cl. The summed E-state index contributed by atoms with van der Waals surface area (Å²) in [6.07, 6.45) is 1.58. The molecule has 0 fully saturated rings. The summed E-state index contributed by atoms with van der Waals surface area (Å²) in [5.74, 6) is -1.07. The molecule has 0 saturated carbocycles. The number of carbonyl (C=O) groups excluding carboxylic acids is 2. The van der Waals surface area contributed by atoms with E-state index in [2.05, 4.69) is 10.3 Å². The molecular formula is C14H18ClN3O2. The van der Waals surface area contributed by atoms with E-state index in [-0.39, 0.29) is 12.4 Å². The Balaban J connectivity index is 0.00000200. The van der Waals surface area contributed by atoms with E-state index < -0.39 is 11.7 Å². The van der Waals surface area contributed by atoms with Crippen molar-refractivity contribution in [3.05, 3.63) is 36.0 Å². The highest BCUT2D eigenvalue weighted by Crippen LogP contribution is 2.17. The number of para-hydroxylation sites is 1. The van der Waals surface area contributed by atoms with Gasteiger partial charge in [-0.15, -0.1) is 12.4 Å². The summed E-state index contributed by atoms with van der Waals surface area (Å²) in [5.41, 5.74) is 1.27. The Kier molecular flexibility index (Phi) is 5.73. The zero-order chi connectivity index (χ0) is 13.8. The summed E-state index contributed by atoms with van der Waals surface area (Å²) in [4.78, 5) is 28.8. The standard InChI is InChI=1S/C14H17N3O2.ClH/c1-17(2)8-7-15-14(19)13(18)11-9-16-12-6-4-3-5-10(11)12;/h3-6,9,16H,7-8H2,1-2H3,(H,15,19);1H. The van der Waals surface area contributed by atoms with Gasteiger partial charge in [-0.1, -0.05) is 18.2 Å². The first-order chi connectivity index (χ1) is 9.09. The molecule has 0 saturated heterocycles. The van der Waals surface area contributed by atoms with E-state index >= 15 is 0 Å². The highest BCUT2D eigenvalue weighted by molar-refractivity contribution is 6.44. The molecule has 0 aliphatic heterocycles.